The van der Waals surface area contributed by atoms with Crippen LogP contribution in [0.4, 0.5) is 5.82 Å². The monoisotopic (exact) mass is 429 g/mol. The number of hydrogen-bond acceptors (Lipinski definition) is 7. The van der Waals surface area contributed by atoms with E-state index in [1.807, 2.05) is 35.2 Å². The molecule has 0 unspecified atom stereocenters. The Kier molecular flexibility index (Phi) is 6.29. The molecule has 0 spiro atoms. The number of nitrogens with zero attached hydrogens (tertiary/aromatic N) is 5. The first-order valence-electron chi connectivity index (χ1n) is 10.3. The smallest absolute Gasteiger partial charge is 0.348 e. The summed E-state index contributed by atoms with van der Waals surface area (Å²) < 4.78 is 6.09. The second-order valence-electron chi connectivity index (χ2n) is 7.49. The molecule has 4 rings (SSSR count). The van der Waals surface area contributed by atoms with E-state index >= 15 is 0 Å². The average molecular weight is 429 g/mol. The SMILES string of the molecule is COC(=O)/C(C#N)=C/c1c(N2CCN(Cc3ccccc3)CC2)nc2ccccn2c1=O. The Labute approximate surface area is 185 Å². The topological polar surface area (TPSA) is 90.9 Å². The Morgan fingerprint density at radius 2 is 1.84 bits per heavy atom. The summed E-state index contributed by atoms with van der Waals surface area (Å²) in [7, 11) is 1.20. The highest BCUT2D eigenvalue weighted by atomic mass is 16.5. The lowest BCUT2D eigenvalue weighted by Crippen LogP contribution is -2.47. The van der Waals surface area contributed by atoms with Gasteiger partial charge in [0.25, 0.3) is 5.56 Å². The number of pyridine rings is 1. The molecule has 3 aromatic rings. The van der Waals surface area contributed by atoms with Gasteiger partial charge in [-0.05, 0) is 23.8 Å². The average Bonchev–Trinajstić information content (AvgIpc) is 2.84. The van der Waals surface area contributed by atoms with Gasteiger partial charge in [-0.3, -0.25) is 14.1 Å². The number of rotatable bonds is 5. The number of esters is 1. The maximum atomic E-state index is 13.2. The minimum Gasteiger partial charge on any atom is -0.465 e. The van der Waals surface area contributed by atoms with E-state index in [0.717, 1.165) is 19.6 Å². The Hall–Kier alpha value is -3.96. The van der Waals surface area contributed by atoms with Crippen molar-refractivity contribution >= 4 is 23.5 Å². The van der Waals surface area contributed by atoms with Crippen LogP contribution in [0.15, 0.2) is 65.1 Å². The van der Waals surface area contributed by atoms with Gasteiger partial charge in [-0.15, -0.1) is 0 Å². The van der Waals surface area contributed by atoms with Gasteiger partial charge in [0.15, 0.2) is 0 Å². The standard InChI is InChI=1S/C24H23N5O3/c1-32-24(31)19(16-25)15-20-22(26-21-9-5-6-10-29(21)23(20)30)28-13-11-27(12-14-28)17-18-7-3-2-4-8-18/h2-10,15H,11-14,17H2,1H3/b19-15+. The van der Waals surface area contributed by atoms with E-state index in [-0.39, 0.29) is 16.7 Å². The van der Waals surface area contributed by atoms with Crippen LogP contribution >= 0.6 is 0 Å². The molecule has 1 aromatic carbocycles. The lowest BCUT2D eigenvalue weighted by atomic mass is 10.1. The predicted octanol–water partition coefficient (Wildman–Crippen LogP) is 2.10. The molecule has 8 heteroatoms. The van der Waals surface area contributed by atoms with Crippen LogP contribution in [-0.2, 0) is 16.1 Å². The van der Waals surface area contributed by atoms with E-state index in [1.165, 1.54) is 23.1 Å². The number of carbonyl (C=O) groups is 1. The van der Waals surface area contributed by atoms with E-state index in [0.29, 0.717) is 24.6 Å². The van der Waals surface area contributed by atoms with Crippen LogP contribution in [0.5, 0.6) is 0 Å². The zero-order valence-corrected chi connectivity index (χ0v) is 17.8. The van der Waals surface area contributed by atoms with Crippen LogP contribution in [0.25, 0.3) is 11.7 Å². The van der Waals surface area contributed by atoms with Gasteiger partial charge < -0.3 is 9.64 Å². The van der Waals surface area contributed by atoms with Crippen LogP contribution in [0.1, 0.15) is 11.1 Å². The lowest BCUT2D eigenvalue weighted by molar-refractivity contribution is -0.135. The quantitative estimate of drug-likeness (QED) is 0.348. The Bertz CT molecular complexity index is 1250. The molecule has 0 bridgehead atoms. The van der Waals surface area contributed by atoms with Gasteiger partial charge in [-0.1, -0.05) is 36.4 Å². The molecule has 0 radical (unpaired) electrons. The third-order valence-corrected chi connectivity index (χ3v) is 5.48. The summed E-state index contributed by atoms with van der Waals surface area (Å²) in [6.07, 6.45) is 2.90. The second kappa shape index (κ2) is 9.45. The van der Waals surface area contributed by atoms with E-state index in [9.17, 15) is 14.9 Å². The molecule has 32 heavy (non-hydrogen) atoms. The van der Waals surface area contributed by atoms with Crippen LogP contribution in [0, 0.1) is 11.3 Å². The van der Waals surface area contributed by atoms with E-state index in [2.05, 4.69) is 21.8 Å². The van der Waals surface area contributed by atoms with E-state index in [1.54, 1.807) is 18.3 Å². The molecular weight excluding hydrogens is 406 g/mol. The van der Waals surface area contributed by atoms with Crippen LogP contribution in [-0.4, -0.2) is 53.5 Å². The van der Waals surface area contributed by atoms with Crippen LogP contribution in [0.3, 0.4) is 0 Å². The van der Waals surface area contributed by atoms with Crippen LogP contribution in [0.2, 0.25) is 0 Å². The zero-order valence-electron chi connectivity index (χ0n) is 17.8. The summed E-state index contributed by atoms with van der Waals surface area (Å²) >= 11 is 0. The highest BCUT2D eigenvalue weighted by Gasteiger charge is 2.23. The van der Waals surface area contributed by atoms with Crippen molar-refractivity contribution < 1.29 is 9.53 Å². The first-order valence-corrected chi connectivity index (χ1v) is 10.3. The molecule has 1 fully saturated rings. The fourth-order valence-electron chi connectivity index (χ4n) is 3.81. The molecule has 0 N–H and O–H groups in total. The number of anilines is 1. The molecule has 0 atom stereocenters. The minimum absolute atomic E-state index is 0.201. The number of nitriles is 1. The molecule has 8 nitrogen and oxygen atoms in total. The zero-order chi connectivity index (χ0) is 22.5. The van der Waals surface area contributed by atoms with Crippen LogP contribution < -0.4 is 10.5 Å². The minimum atomic E-state index is -0.788. The van der Waals surface area contributed by atoms with Crippen molar-refractivity contribution in [1.29, 1.82) is 5.26 Å². The molecule has 1 saturated heterocycles. The number of ether oxygens (including phenoxy) is 1. The first kappa shape index (κ1) is 21.3. The highest BCUT2D eigenvalue weighted by molar-refractivity contribution is 5.98. The third kappa shape index (κ3) is 4.38. The van der Waals surface area contributed by atoms with Crippen molar-refractivity contribution in [2.75, 3.05) is 38.2 Å². The van der Waals surface area contributed by atoms with Crippen molar-refractivity contribution in [3.8, 4) is 6.07 Å². The Morgan fingerprint density at radius 3 is 2.53 bits per heavy atom. The maximum Gasteiger partial charge on any atom is 0.348 e. The molecule has 2 aromatic heterocycles. The van der Waals surface area contributed by atoms with Gasteiger partial charge >= 0.3 is 5.97 Å². The van der Waals surface area contributed by atoms with Gasteiger partial charge in [0.05, 0.1) is 12.7 Å². The maximum absolute atomic E-state index is 13.2. The molecule has 162 valence electrons. The lowest BCUT2D eigenvalue weighted by Gasteiger charge is -2.36. The number of methoxy groups -OCH3 is 1. The summed E-state index contributed by atoms with van der Waals surface area (Å²) in [5.74, 6) is -0.319. The second-order valence-corrected chi connectivity index (χ2v) is 7.49. The normalized spacial score (nSPS) is 14.9. The van der Waals surface area contributed by atoms with E-state index < -0.39 is 5.97 Å². The summed E-state index contributed by atoms with van der Waals surface area (Å²) in [6, 6.07) is 17.4. The number of piperazine rings is 1. The number of benzene rings is 1. The fourth-order valence-corrected chi connectivity index (χ4v) is 3.81. The predicted molar refractivity (Wildman–Crippen MR) is 121 cm³/mol. The largest absolute Gasteiger partial charge is 0.465 e. The molecule has 0 saturated carbocycles. The van der Waals surface area contributed by atoms with Crippen molar-refractivity contribution in [1.82, 2.24) is 14.3 Å². The van der Waals surface area contributed by atoms with Crippen molar-refractivity contribution in [2.24, 2.45) is 0 Å². The molecule has 3 heterocycles. The fraction of sp³-hybridized carbons (Fsp3) is 0.250. The number of fused-ring (bicyclic) bond motifs is 1. The van der Waals surface area contributed by atoms with Crippen molar-refractivity contribution in [3.63, 3.8) is 0 Å². The molecule has 1 aliphatic rings. The number of hydrogen-bond donors (Lipinski definition) is 0. The van der Waals surface area contributed by atoms with Crippen molar-refractivity contribution in [3.05, 3.63) is 81.8 Å². The summed E-state index contributed by atoms with van der Waals surface area (Å²) in [4.78, 5) is 34.3. The molecule has 0 amide bonds. The van der Waals surface area contributed by atoms with Gasteiger partial charge in [-0.2, -0.15) is 5.26 Å². The van der Waals surface area contributed by atoms with Gasteiger partial charge in [0.2, 0.25) is 0 Å². The Morgan fingerprint density at radius 1 is 1.12 bits per heavy atom. The molecule has 1 aliphatic heterocycles. The van der Waals surface area contributed by atoms with Gasteiger partial charge in [0.1, 0.15) is 23.1 Å². The third-order valence-electron chi connectivity index (χ3n) is 5.48. The van der Waals surface area contributed by atoms with Crippen molar-refractivity contribution in [2.45, 2.75) is 6.54 Å². The van der Waals surface area contributed by atoms with E-state index in [4.69, 9.17) is 4.98 Å². The summed E-state index contributed by atoms with van der Waals surface area (Å²) in [5, 5.41) is 9.40. The van der Waals surface area contributed by atoms with Gasteiger partial charge in [-0.25, -0.2) is 9.78 Å². The summed E-state index contributed by atoms with van der Waals surface area (Å²) in [5.41, 5.74) is 1.38. The number of carbonyl (C=O) groups excluding carboxylic acids is 1. The molecular formula is C24H23N5O3. The highest BCUT2D eigenvalue weighted by Crippen LogP contribution is 2.21. The summed E-state index contributed by atoms with van der Waals surface area (Å²) in [6.45, 7) is 3.80. The molecule has 0 aliphatic carbocycles. The van der Waals surface area contributed by atoms with Gasteiger partial charge in [0, 0.05) is 38.9 Å². The Balaban J connectivity index is 1.67. The number of aromatic nitrogens is 2. The first-order chi connectivity index (χ1) is 15.6.